The van der Waals surface area contributed by atoms with Gasteiger partial charge in [-0.1, -0.05) is 13.3 Å². The summed E-state index contributed by atoms with van der Waals surface area (Å²) in [5.74, 6) is 2.93. The lowest BCUT2D eigenvalue weighted by atomic mass is 10.0. The zero-order valence-electron chi connectivity index (χ0n) is 9.93. The lowest BCUT2D eigenvalue weighted by Gasteiger charge is -2.17. The minimum Gasteiger partial charge on any atom is -0.378 e. The second kappa shape index (κ2) is 6.73. The van der Waals surface area contributed by atoms with Crippen LogP contribution in [0.3, 0.4) is 0 Å². The summed E-state index contributed by atoms with van der Waals surface area (Å²) in [7, 11) is 0. The summed E-state index contributed by atoms with van der Waals surface area (Å²) >= 11 is 0. The fraction of sp³-hybridized carbons (Fsp3) is 0.833. The first kappa shape index (κ1) is 13.3. The van der Waals surface area contributed by atoms with Crippen LogP contribution in [0.25, 0.3) is 0 Å². The highest BCUT2D eigenvalue weighted by molar-refractivity contribution is 5.11. The van der Waals surface area contributed by atoms with Crippen molar-refractivity contribution < 1.29 is 5.11 Å². The van der Waals surface area contributed by atoms with Gasteiger partial charge in [-0.05, 0) is 39.5 Å². The molecule has 0 aromatic rings. The second-order valence-electron chi connectivity index (χ2n) is 3.79. The first-order valence-corrected chi connectivity index (χ1v) is 5.55. The highest BCUT2D eigenvalue weighted by Crippen LogP contribution is 2.11. The standard InChI is InChI=1S/C12H23NO/c1-5-8-9-12(4,14)10-11-13(6-2)7-3/h14H,5-9H2,1-4H3. The number of nitrogens with zero attached hydrogens (tertiary/aromatic N) is 1. The third kappa shape index (κ3) is 5.88. The smallest absolute Gasteiger partial charge is 0.124 e. The molecule has 0 aromatic carbocycles. The fourth-order valence-electron chi connectivity index (χ4n) is 1.16. The van der Waals surface area contributed by atoms with E-state index in [9.17, 15) is 5.11 Å². The maximum atomic E-state index is 9.89. The Morgan fingerprint density at radius 2 is 1.79 bits per heavy atom. The third-order valence-electron chi connectivity index (χ3n) is 2.26. The van der Waals surface area contributed by atoms with Crippen molar-refractivity contribution in [3.05, 3.63) is 0 Å². The molecule has 0 bridgehead atoms. The molecule has 1 N–H and O–H groups in total. The number of aliphatic hydroxyl groups is 1. The van der Waals surface area contributed by atoms with Crippen LogP contribution in [0, 0.1) is 12.0 Å². The Kier molecular flexibility index (Phi) is 6.40. The minimum absolute atomic E-state index is 0.762. The monoisotopic (exact) mass is 197 g/mol. The van der Waals surface area contributed by atoms with Gasteiger partial charge in [0.25, 0.3) is 0 Å². The van der Waals surface area contributed by atoms with Crippen LogP contribution >= 0.6 is 0 Å². The molecule has 14 heavy (non-hydrogen) atoms. The first-order chi connectivity index (χ1) is 6.55. The molecule has 0 rings (SSSR count). The molecule has 2 nitrogen and oxygen atoms in total. The molecule has 0 aromatic heterocycles. The summed E-state index contributed by atoms with van der Waals surface area (Å²) in [5.41, 5.74) is -0.821. The van der Waals surface area contributed by atoms with E-state index in [1.807, 2.05) is 4.90 Å². The van der Waals surface area contributed by atoms with E-state index in [0.717, 1.165) is 32.4 Å². The summed E-state index contributed by atoms with van der Waals surface area (Å²) in [4.78, 5) is 2.00. The van der Waals surface area contributed by atoms with Gasteiger partial charge in [0.1, 0.15) is 5.60 Å². The second-order valence-corrected chi connectivity index (χ2v) is 3.79. The zero-order valence-corrected chi connectivity index (χ0v) is 9.93. The SMILES string of the molecule is CCCCC(C)(O)C#CN(CC)CC. The van der Waals surface area contributed by atoms with E-state index >= 15 is 0 Å². The van der Waals surface area contributed by atoms with Gasteiger partial charge in [0, 0.05) is 19.1 Å². The Hall–Kier alpha value is -0.680. The van der Waals surface area contributed by atoms with E-state index in [1.54, 1.807) is 6.92 Å². The Bertz CT molecular complexity index is 196. The van der Waals surface area contributed by atoms with E-state index in [-0.39, 0.29) is 0 Å². The van der Waals surface area contributed by atoms with Gasteiger partial charge >= 0.3 is 0 Å². The summed E-state index contributed by atoms with van der Waals surface area (Å²) in [6, 6.07) is 3.00. The van der Waals surface area contributed by atoms with Crippen LogP contribution in [-0.2, 0) is 0 Å². The molecule has 2 heteroatoms. The normalized spacial score (nSPS) is 14.1. The average Bonchev–Trinajstić information content (AvgIpc) is 2.16. The van der Waals surface area contributed by atoms with Crippen molar-refractivity contribution in [2.75, 3.05) is 13.1 Å². The summed E-state index contributed by atoms with van der Waals surface area (Å²) < 4.78 is 0. The van der Waals surface area contributed by atoms with E-state index in [0.29, 0.717) is 0 Å². The molecule has 0 heterocycles. The van der Waals surface area contributed by atoms with Gasteiger partial charge in [-0.15, -0.1) is 0 Å². The van der Waals surface area contributed by atoms with Crippen LogP contribution in [-0.4, -0.2) is 28.7 Å². The third-order valence-corrected chi connectivity index (χ3v) is 2.26. The van der Waals surface area contributed by atoms with E-state index < -0.39 is 5.60 Å². The summed E-state index contributed by atoms with van der Waals surface area (Å²) in [6.45, 7) is 9.87. The van der Waals surface area contributed by atoms with E-state index in [2.05, 4.69) is 32.7 Å². The predicted octanol–water partition coefficient (Wildman–Crippen LogP) is 2.23. The molecule has 0 fully saturated rings. The number of hydrogen-bond donors (Lipinski definition) is 1. The molecule has 0 saturated carbocycles. The number of hydrogen-bond acceptors (Lipinski definition) is 2. The minimum atomic E-state index is -0.821. The lowest BCUT2D eigenvalue weighted by molar-refractivity contribution is 0.109. The molecular formula is C12H23NO. The number of rotatable bonds is 5. The molecule has 0 aliphatic rings. The molecule has 82 valence electrons. The van der Waals surface area contributed by atoms with Crippen molar-refractivity contribution in [1.82, 2.24) is 4.90 Å². The van der Waals surface area contributed by atoms with Crippen molar-refractivity contribution in [3.8, 4) is 12.0 Å². The van der Waals surface area contributed by atoms with Crippen molar-refractivity contribution in [2.24, 2.45) is 0 Å². The topological polar surface area (TPSA) is 23.5 Å². The maximum Gasteiger partial charge on any atom is 0.124 e. The van der Waals surface area contributed by atoms with Crippen molar-refractivity contribution in [3.63, 3.8) is 0 Å². The Labute approximate surface area is 88.3 Å². The van der Waals surface area contributed by atoms with Crippen LogP contribution in [0.5, 0.6) is 0 Å². The van der Waals surface area contributed by atoms with Crippen LogP contribution in [0.1, 0.15) is 47.0 Å². The lowest BCUT2D eigenvalue weighted by Crippen LogP contribution is -2.23. The van der Waals surface area contributed by atoms with Crippen molar-refractivity contribution in [1.29, 1.82) is 0 Å². The molecular weight excluding hydrogens is 174 g/mol. The van der Waals surface area contributed by atoms with Gasteiger partial charge in [-0.2, -0.15) is 0 Å². The Balaban J connectivity index is 4.15. The largest absolute Gasteiger partial charge is 0.378 e. The molecule has 1 unspecified atom stereocenters. The molecule has 0 saturated heterocycles. The van der Waals surface area contributed by atoms with Gasteiger partial charge in [0.2, 0.25) is 0 Å². The first-order valence-electron chi connectivity index (χ1n) is 5.55. The van der Waals surface area contributed by atoms with Gasteiger partial charge < -0.3 is 10.0 Å². The van der Waals surface area contributed by atoms with E-state index in [1.165, 1.54) is 0 Å². The van der Waals surface area contributed by atoms with Crippen LogP contribution in [0.4, 0.5) is 0 Å². The number of unbranched alkanes of at least 4 members (excludes halogenated alkanes) is 1. The highest BCUT2D eigenvalue weighted by Gasteiger charge is 2.15. The Morgan fingerprint density at radius 1 is 1.21 bits per heavy atom. The molecule has 0 radical (unpaired) electrons. The fourth-order valence-corrected chi connectivity index (χ4v) is 1.16. The van der Waals surface area contributed by atoms with Gasteiger partial charge in [-0.25, -0.2) is 0 Å². The molecule has 0 aliphatic heterocycles. The van der Waals surface area contributed by atoms with Crippen LogP contribution < -0.4 is 0 Å². The average molecular weight is 197 g/mol. The predicted molar refractivity (Wildman–Crippen MR) is 60.8 cm³/mol. The van der Waals surface area contributed by atoms with Crippen LogP contribution in [0.15, 0.2) is 0 Å². The van der Waals surface area contributed by atoms with Crippen molar-refractivity contribution >= 4 is 0 Å². The quantitative estimate of drug-likeness (QED) is 0.539. The van der Waals surface area contributed by atoms with Gasteiger partial charge in [-0.3, -0.25) is 0 Å². The maximum absolute atomic E-state index is 9.89. The van der Waals surface area contributed by atoms with Gasteiger partial charge in [0.05, 0.1) is 0 Å². The van der Waals surface area contributed by atoms with Crippen molar-refractivity contribution in [2.45, 2.75) is 52.6 Å². The van der Waals surface area contributed by atoms with Crippen LogP contribution in [0.2, 0.25) is 0 Å². The van der Waals surface area contributed by atoms with Gasteiger partial charge in [0.15, 0.2) is 0 Å². The highest BCUT2D eigenvalue weighted by atomic mass is 16.3. The molecule has 0 aliphatic carbocycles. The zero-order chi connectivity index (χ0) is 11.0. The molecule has 1 atom stereocenters. The molecule has 0 spiro atoms. The summed E-state index contributed by atoms with van der Waals surface area (Å²) in [5, 5.41) is 9.89. The summed E-state index contributed by atoms with van der Waals surface area (Å²) in [6.07, 6.45) is 2.89. The molecule has 0 amide bonds. The Morgan fingerprint density at radius 3 is 2.21 bits per heavy atom. The van der Waals surface area contributed by atoms with E-state index in [4.69, 9.17) is 0 Å².